The van der Waals surface area contributed by atoms with E-state index in [1.807, 2.05) is 19.1 Å². The van der Waals surface area contributed by atoms with Gasteiger partial charge >= 0.3 is 0 Å². The highest BCUT2D eigenvalue weighted by Crippen LogP contribution is 2.22. The molecule has 0 bridgehead atoms. The van der Waals surface area contributed by atoms with Gasteiger partial charge in [0.15, 0.2) is 0 Å². The van der Waals surface area contributed by atoms with Crippen LogP contribution in [0.2, 0.25) is 10.0 Å². The molecule has 0 radical (unpaired) electrons. The molecule has 2 aromatic rings. The van der Waals surface area contributed by atoms with Crippen molar-refractivity contribution in [2.45, 2.75) is 13.3 Å². The molecule has 2 aromatic carbocycles. The van der Waals surface area contributed by atoms with E-state index in [2.05, 4.69) is 10.9 Å². The fourth-order valence-corrected chi connectivity index (χ4v) is 2.10. The number of carbonyl (C=O) groups excluding carboxylic acids is 2. The van der Waals surface area contributed by atoms with Crippen molar-refractivity contribution in [2.24, 2.45) is 0 Å². The fraction of sp³-hybridized carbons (Fsp3) is 0.125. The predicted molar refractivity (Wildman–Crippen MR) is 87.0 cm³/mol. The minimum Gasteiger partial charge on any atom is -0.273 e. The number of rotatable bonds is 3. The number of amides is 2. The minimum atomic E-state index is -0.373. The van der Waals surface area contributed by atoms with E-state index in [9.17, 15) is 9.59 Å². The van der Waals surface area contributed by atoms with Crippen molar-refractivity contribution in [3.05, 3.63) is 69.2 Å². The van der Waals surface area contributed by atoms with Gasteiger partial charge in [-0.1, -0.05) is 47.0 Å². The van der Waals surface area contributed by atoms with Crippen LogP contribution in [0.4, 0.5) is 0 Å². The first-order chi connectivity index (χ1) is 10.5. The van der Waals surface area contributed by atoms with Gasteiger partial charge in [-0.3, -0.25) is 20.4 Å². The van der Waals surface area contributed by atoms with E-state index >= 15 is 0 Å². The molecule has 0 aliphatic heterocycles. The van der Waals surface area contributed by atoms with Crippen LogP contribution in [0.25, 0.3) is 0 Å². The summed E-state index contributed by atoms with van der Waals surface area (Å²) in [7, 11) is 0. The molecule has 114 valence electrons. The molecule has 0 heterocycles. The number of halogens is 2. The Bertz CT molecular complexity index is 700. The smallest absolute Gasteiger partial charge is 0.269 e. The maximum absolute atomic E-state index is 11.8. The number of hydrazine groups is 1. The second-order valence-electron chi connectivity index (χ2n) is 4.79. The molecule has 0 aliphatic carbocycles. The zero-order chi connectivity index (χ0) is 16.1. The van der Waals surface area contributed by atoms with Gasteiger partial charge in [0.1, 0.15) is 0 Å². The zero-order valence-corrected chi connectivity index (χ0v) is 13.3. The molecule has 22 heavy (non-hydrogen) atoms. The lowest BCUT2D eigenvalue weighted by atomic mass is 10.1. The number of carbonyl (C=O) groups is 2. The molecule has 0 fully saturated rings. The summed E-state index contributed by atoms with van der Waals surface area (Å²) in [6.45, 7) is 1.93. The average molecular weight is 337 g/mol. The number of aryl methyl sites for hydroxylation is 1. The molecule has 0 saturated heterocycles. The third-order valence-corrected chi connectivity index (χ3v) is 3.72. The Kier molecular flexibility index (Phi) is 5.41. The molecule has 0 aromatic heterocycles. The van der Waals surface area contributed by atoms with Gasteiger partial charge in [0.25, 0.3) is 5.91 Å². The molecule has 0 saturated carbocycles. The van der Waals surface area contributed by atoms with E-state index in [4.69, 9.17) is 23.2 Å². The maximum atomic E-state index is 11.8. The summed E-state index contributed by atoms with van der Waals surface area (Å²) < 4.78 is 0. The molecule has 4 nitrogen and oxygen atoms in total. The lowest BCUT2D eigenvalue weighted by Gasteiger charge is -2.08. The summed E-state index contributed by atoms with van der Waals surface area (Å²) in [5.74, 6) is -0.721. The first-order valence-corrected chi connectivity index (χ1v) is 7.31. The Morgan fingerprint density at radius 1 is 0.955 bits per heavy atom. The quantitative estimate of drug-likeness (QED) is 0.845. The lowest BCUT2D eigenvalue weighted by Crippen LogP contribution is -2.42. The molecular weight excluding hydrogens is 323 g/mol. The van der Waals surface area contributed by atoms with Crippen molar-refractivity contribution in [3.63, 3.8) is 0 Å². The van der Waals surface area contributed by atoms with Crippen LogP contribution in [-0.2, 0) is 11.2 Å². The lowest BCUT2D eigenvalue weighted by molar-refractivity contribution is -0.121. The summed E-state index contributed by atoms with van der Waals surface area (Å²) in [4.78, 5) is 23.6. The second-order valence-corrected chi connectivity index (χ2v) is 5.61. The van der Waals surface area contributed by atoms with Crippen molar-refractivity contribution >= 4 is 35.0 Å². The summed E-state index contributed by atoms with van der Waals surface area (Å²) in [5.41, 5.74) is 6.96. The molecule has 0 spiro atoms. The molecular formula is C16H14Cl2N2O2. The summed E-state index contributed by atoms with van der Waals surface area (Å²) in [5, 5.41) is 0.814. The van der Waals surface area contributed by atoms with E-state index in [1.165, 1.54) is 0 Å². The number of hydrogen-bond acceptors (Lipinski definition) is 2. The van der Waals surface area contributed by atoms with E-state index < -0.39 is 0 Å². The highest BCUT2D eigenvalue weighted by atomic mass is 35.5. The molecule has 6 heteroatoms. The molecule has 2 amide bonds. The Morgan fingerprint density at radius 3 is 2.27 bits per heavy atom. The van der Waals surface area contributed by atoms with Crippen molar-refractivity contribution in [1.82, 2.24) is 10.9 Å². The molecule has 2 rings (SSSR count). The molecule has 0 aliphatic rings. The maximum Gasteiger partial charge on any atom is 0.269 e. The Hall–Kier alpha value is -2.04. The fourth-order valence-electron chi connectivity index (χ4n) is 1.78. The SMILES string of the molecule is Cc1ccc(C(=O)NNC(=O)Cc2ccc(Cl)c(Cl)c2)cc1. The molecule has 0 unspecified atom stereocenters. The monoisotopic (exact) mass is 336 g/mol. The van der Waals surface area contributed by atoms with Crippen LogP contribution in [0.1, 0.15) is 21.5 Å². The van der Waals surface area contributed by atoms with Crippen LogP contribution in [0.3, 0.4) is 0 Å². The van der Waals surface area contributed by atoms with Crippen LogP contribution in [-0.4, -0.2) is 11.8 Å². The van der Waals surface area contributed by atoms with Crippen LogP contribution >= 0.6 is 23.2 Å². The van der Waals surface area contributed by atoms with Crippen LogP contribution < -0.4 is 10.9 Å². The van der Waals surface area contributed by atoms with Gasteiger partial charge < -0.3 is 0 Å². The van der Waals surface area contributed by atoms with Crippen LogP contribution in [0.15, 0.2) is 42.5 Å². The summed E-state index contributed by atoms with van der Waals surface area (Å²) >= 11 is 11.7. The van der Waals surface area contributed by atoms with E-state index in [0.717, 1.165) is 5.56 Å². The highest BCUT2D eigenvalue weighted by Gasteiger charge is 2.08. The largest absolute Gasteiger partial charge is 0.273 e. The van der Waals surface area contributed by atoms with E-state index in [1.54, 1.807) is 30.3 Å². The van der Waals surface area contributed by atoms with Gasteiger partial charge in [-0.2, -0.15) is 0 Å². The average Bonchev–Trinajstić information content (AvgIpc) is 2.49. The molecule has 0 atom stereocenters. The summed E-state index contributed by atoms with van der Waals surface area (Å²) in [6.07, 6.45) is 0.0884. The van der Waals surface area contributed by atoms with Crippen LogP contribution in [0, 0.1) is 6.92 Å². The normalized spacial score (nSPS) is 10.1. The standard InChI is InChI=1S/C16H14Cl2N2O2/c1-10-2-5-12(6-3-10)16(22)20-19-15(21)9-11-4-7-13(17)14(18)8-11/h2-8H,9H2,1H3,(H,19,21)(H,20,22). The first-order valence-electron chi connectivity index (χ1n) is 6.55. The number of nitrogens with one attached hydrogen (secondary N) is 2. The highest BCUT2D eigenvalue weighted by molar-refractivity contribution is 6.42. The predicted octanol–water partition coefficient (Wildman–Crippen LogP) is 3.31. The van der Waals surface area contributed by atoms with Gasteiger partial charge in [-0.15, -0.1) is 0 Å². The van der Waals surface area contributed by atoms with Gasteiger partial charge in [0.05, 0.1) is 16.5 Å². The Labute approximate surface area is 138 Å². The zero-order valence-electron chi connectivity index (χ0n) is 11.8. The van der Waals surface area contributed by atoms with Gasteiger partial charge in [-0.25, -0.2) is 0 Å². The third-order valence-electron chi connectivity index (χ3n) is 2.98. The second kappa shape index (κ2) is 7.29. The first kappa shape index (κ1) is 16.3. The summed E-state index contributed by atoms with van der Waals surface area (Å²) in [6, 6.07) is 12.0. The van der Waals surface area contributed by atoms with Crippen LogP contribution in [0.5, 0.6) is 0 Å². The van der Waals surface area contributed by atoms with Gasteiger partial charge in [-0.05, 0) is 36.8 Å². The van der Waals surface area contributed by atoms with Crippen molar-refractivity contribution in [3.8, 4) is 0 Å². The van der Waals surface area contributed by atoms with Gasteiger partial charge in [0.2, 0.25) is 5.91 Å². The molecule has 2 N–H and O–H groups in total. The van der Waals surface area contributed by atoms with Crippen molar-refractivity contribution in [1.29, 1.82) is 0 Å². The minimum absolute atomic E-state index is 0.0884. The number of hydrogen-bond donors (Lipinski definition) is 2. The van der Waals surface area contributed by atoms with Crippen molar-refractivity contribution in [2.75, 3.05) is 0 Å². The number of benzene rings is 2. The van der Waals surface area contributed by atoms with Crippen molar-refractivity contribution < 1.29 is 9.59 Å². The Morgan fingerprint density at radius 2 is 1.64 bits per heavy atom. The van der Waals surface area contributed by atoms with Gasteiger partial charge in [0, 0.05) is 5.56 Å². The van der Waals surface area contributed by atoms with E-state index in [-0.39, 0.29) is 18.2 Å². The van der Waals surface area contributed by atoms with E-state index in [0.29, 0.717) is 21.2 Å². The third kappa shape index (κ3) is 4.48. The topological polar surface area (TPSA) is 58.2 Å². The Balaban J connectivity index is 1.88.